The number of epoxide rings is 1. The zero-order valence-electron chi connectivity index (χ0n) is 9.08. The second kappa shape index (κ2) is 3.34. The number of hydrogen-bond donors (Lipinski definition) is 0. The van der Waals surface area contributed by atoms with E-state index in [0.29, 0.717) is 19.1 Å². The summed E-state index contributed by atoms with van der Waals surface area (Å²) < 4.78 is 15.5. The number of halogens is 1. The lowest BCUT2D eigenvalue weighted by Gasteiger charge is -2.18. The molecule has 2 saturated heterocycles. The quantitative estimate of drug-likeness (QED) is 0.409. The first-order valence-electron chi connectivity index (χ1n) is 5.03. The fourth-order valence-corrected chi connectivity index (χ4v) is 2.73. The highest BCUT2D eigenvalue weighted by molar-refractivity contribution is 6.36. The monoisotopic (exact) mass is 234 g/mol. The molecule has 15 heavy (non-hydrogen) atoms. The van der Waals surface area contributed by atoms with Gasteiger partial charge in [0.1, 0.15) is 0 Å². The molecule has 0 aromatic rings. The van der Waals surface area contributed by atoms with Crippen LogP contribution in [0.25, 0.3) is 0 Å². The van der Waals surface area contributed by atoms with E-state index in [0.717, 1.165) is 0 Å². The molecule has 0 aromatic heterocycles. The number of carbonyl (C=O) groups is 1. The Morgan fingerprint density at radius 2 is 2.27 bits per heavy atom. The molecule has 2 fully saturated rings. The van der Waals surface area contributed by atoms with Gasteiger partial charge in [-0.1, -0.05) is 25.4 Å². The van der Waals surface area contributed by atoms with Crippen LogP contribution in [0.2, 0.25) is 0 Å². The van der Waals surface area contributed by atoms with Crippen molar-refractivity contribution in [3.05, 3.63) is 0 Å². The van der Waals surface area contributed by atoms with Gasteiger partial charge in [-0.15, -0.1) is 0 Å². The van der Waals surface area contributed by atoms with Crippen LogP contribution in [0.4, 0.5) is 0 Å². The van der Waals surface area contributed by atoms with Crippen molar-refractivity contribution in [2.75, 3.05) is 20.3 Å². The topological polar surface area (TPSA) is 48.1 Å². The predicted molar refractivity (Wildman–Crippen MR) is 53.6 cm³/mol. The second-order valence-corrected chi connectivity index (χ2v) is 4.98. The maximum Gasteiger partial charge on any atom is 0.357 e. The molecule has 0 aromatic carbocycles. The van der Waals surface area contributed by atoms with Gasteiger partial charge in [0, 0.05) is 5.92 Å². The summed E-state index contributed by atoms with van der Waals surface area (Å²) in [5.41, 5.74) is -0.671. The van der Waals surface area contributed by atoms with Crippen LogP contribution < -0.4 is 0 Å². The Morgan fingerprint density at radius 3 is 2.80 bits per heavy atom. The minimum absolute atomic E-state index is 0.147. The molecular formula is C10H15ClO4. The summed E-state index contributed by atoms with van der Waals surface area (Å²) in [4.78, 5) is 11.5. The Labute approximate surface area is 93.8 Å². The van der Waals surface area contributed by atoms with Gasteiger partial charge in [-0.3, -0.25) is 0 Å². The first kappa shape index (κ1) is 11.2. The zero-order chi connectivity index (χ0) is 11.3. The normalized spacial score (nSPS) is 43.7. The third kappa shape index (κ3) is 1.31. The molecule has 2 rings (SSSR count). The molecule has 2 aliphatic rings. The Kier molecular flexibility index (Phi) is 2.48. The Morgan fingerprint density at radius 1 is 1.60 bits per heavy atom. The lowest BCUT2D eigenvalue weighted by Crippen LogP contribution is -2.37. The lowest BCUT2D eigenvalue weighted by molar-refractivity contribution is -0.143. The first-order valence-corrected chi connectivity index (χ1v) is 5.41. The number of rotatable bonds is 2. The standard InChI is InChI=1S/C10H15ClO4/c1-6(2)7-4-14-5-9(7)10(11,15-9)8(12)13-3/h6-7H,4-5H2,1-3H3. The average Bonchev–Trinajstić information content (AvgIpc) is 2.61. The van der Waals surface area contributed by atoms with Crippen molar-refractivity contribution in [1.82, 2.24) is 0 Å². The molecule has 0 saturated carbocycles. The highest BCUT2D eigenvalue weighted by Crippen LogP contribution is 2.60. The highest BCUT2D eigenvalue weighted by Gasteiger charge is 2.80. The SMILES string of the molecule is COC(=O)C1(Cl)OC12COCC2C(C)C. The van der Waals surface area contributed by atoms with E-state index in [-0.39, 0.29) is 5.92 Å². The van der Waals surface area contributed by atoms with E-state index < -0.39 is 16.6 Å². The number of alkyl halides is 1. The highest BCUT2D eigenvalue weighted by atomic mass is 35.5. The summed E-state index contributed by atoms with van der Waals surface area (Å²) >= 11 is 6.12. The van der Waals surface area contributed by atoms with Gasteiger partial charge in [-0.05, 0) is 5.92 Å². The van der Waals surface area contributed by atoms with Crippen molar-refractivity contribution in [1.29, 1.82) is 0 Å². The largest absolute Gasteiger partial charge is 0.466 e. The molecule has 86 valence electrons. The average molecular weight is 235 g/mol. The number of esters is 1. The smallest absolute Gasteiger partial charge is 0.357 e. The Hall–Kier alpha value is -0.320. The molecule has 0 amide bonds. The van der Waals surface area contributed by atoms with Gasteiger partial charge in [0.25, 0.3) is 5.06 Å². The van der Waals surface area contributed by atoms with Gasteiger partial charge in [0.2, 0.25) is 0 Å². The van der Waals surface area contributed by atoms with E-state index in [9.17, 15) is 4.79 Å². The molecule has 3 unspecified atom stereocenters. The molecule has 0 bridgehead atoms. The minimum atomic E-state index is -1.33. The van der Waals surface area contributed by atoms with Gasteiger partial charge >= 0.3 is 5.97 Å². The van der Waals surface area contributed by atoms with Crippen molar-refractivity contribution in [3.8, 4) is 0 Å². The van der Waals surface area contributed by atoms with E-state index in [1.165, 1.54) is 7.11 Å². The van der Waals surface area contributed by atoms with Crippen molar-refractivity contribution in [3.63, 3.8) is 0 Å². The molecule has 4 nitrogen and oxygen atoms in total. The van der Waals surface area contributed by atoms with Crippen LogP contribution in [-0.2, 0) is 19.0 Å². The Bertz CT molecular complexity index is 293. The minimum Gasteiger partial charge on any atom is -0.466 e. The van der Waals surface area contributed by atoms with Crippen LogP contribution in [0, 0.1) is 11.8 Å². The molecule has 5 heteroatoms. The van der Waals surface area contributed by atoms with Crippen LogP contribution in [0.3, 0.4) is 0 Å². The predicted octanol–water partition coefficient (Wildman–Crippen LogP) is 1.17. The number of methoxy groups -OCH3 is 1. The molecule has 2 heterocycles. The van der Waals surface area contributed by atoms with E-state index in [4.69, 9.17) is 21.1 Å². The van der Waals surface area contributed by atoms with Crippen molar-refractivity contribution in [2.45, 2.75) is 24.5 Å². The molecule has 0 N–H and O–H groups in total. The van der Waals surface area contributed by atoms with E-state index >= 15 is 0 Å². The molecule has 1 spiro atoms. The maximum atomic E-state index is 11.5. The van der Waals surface area contributed by atoms with Crippen molar-refractivity contribution in [2.24, 2.45) is 11.8 Å². The number of carbonyl (C=O) groups excluding carboxylic acids is 1. The van der Waals surface area contributed by atoms with Crippen molar-refractivity contribution < 1.29 is 19.0 Å². The molecular weight excluding hydrogens is 220 g/mol. The van der Waals surface area contributed by atoms with Gasteiger partial charge in [-0.2, -0.15) is 0 Å². The summed E-state index contributed by atoms with van der Waals surface area (Å²) in [7, 11) is 1.31. The van der Waals surface area contributed by atoms with Crippen LogP contribution in [0.5, 0.6) is 0 Å². The van der Waals surface area contributed by atoms with E-state index in [1.807, 2.05) is 0 Å². The van der Waals surface area contributed by atoms with Crippen molar-refractivity contribution >= 4 is 17.6 Å². The van der Waals surface area contributed by atoms with E-state index in [2.05, 4.69) is 18.6 Å². The summed E-state index contributed by atoms with van der Waals surface area (Å²) in [6, 6.07) is 0. The van der Waals surface area contributed by atoms with E-state index in [1.54, 1.807) is 0 Å². The zero-order valence-corrected chi connectivity index (χ0v) is 9.84. The molecule has 3 atom stereocenters. The maximum absolute atomic E-state index is 11.5. The second-order valence-electron chi connectivity index (χ2n) is 4.44. The lowest BCUT2D eigenvalue weighted by atomic mass is 9.83. The van der Waals surface area contributed by atoms with Crippen LogP contribution in [-0.4, -0.2) is 37.0 Å². The number of hydrogen-bond acceptors (Lipinski definition) is 4. The third-order valence-corrected chi connectivity index (χ3v) is 3.84. The van der Waals surface area contributed by atoms with Gasteiger partial charge in [-0.25, -0.2) is 4.79 Å². The fourth-order valence-electron chi connectivity index (χ4n) is 2.32. The molecule has 0 radical (unpaired) electrons. The van der Waals surface area contributed by atoms with Gasteiger partial charge in [0.15, 0.2) is 5.60 Å². The summed E-state index contributed by atoms with van der Waals surface area (Å²) in [6.45, 7) is 5.09. The third-order valence-electron chi connectivity index (χ3n) is 3.29. The Balaban J connectivity index is 2.21. The molecule has 2 aliphatic heterocycles. The van der Waals surface area contributed by atoms with Gasteiger partial charge < -0.3 is 14.2 Å². The van der Waals surface area contributed by atoms with Crippen LogP contribution in [0.1, 0.15) is 13.8 Å². The summed E-state index contributed by atoms with van der Waals surface area (Å²) in [5.74, 6) is -0.0211. The molecule has 0 aliphatic carbocycles. The fraction of sp³-hybridized carbons (Fsp3) is 0.900. The van der Waals surface area contributed by atoms with Gasteiger partial charge in [0.05, 0.1) is 20.3 Å². The summed E-state index contributed by atoms with van der Waals surface area (Å²) in [6.07, 6.45) is 0. The number of ether oxygens (including phenoxy) is 3. The van der Waals surface area contributed by atoms with Crippen LogP contribution >= 0.6 is 11.6 Å². The summed E-state index contributed by atoms with van der Waals surface area (Å²) in [5, 5.41) is -1.33. The first-order chi connectivity index (χ1) is 6.98. The van der Waals surface area contributed by atoms with Crippen LogP contribution in [0.15, 0.2) is 0 Å².